The number of fused-ring (bicyclic) bond motifs is 2. The lowest BCUT2D eigenvalue weighted by Gasteiger charge is -2.17. The van der Waals surface area contributed by atoms with Crippen molar-refractivity contribution >= 4 is 44.9 Å². The number of thiazole rings is 1. The van der Waals surface area contributed by atoms with Gasteiger partial charge in [0.05, 0.1) is 16.8 Å². The second-order valence-corrected chi connectivity index (χ2v) is 7.65. The molecule has 2 N–H and O–H groups in total. The first kappa shape index (κ1) is 17.5. The highest BCUT2D eigenvalue weighted by Gasteiger charge is 2.17. The number of benzene rings is 2. The summed E-state index contributed by atoms with van der Waals surface area (Å²) in [6.45, 7) is 0. The third-order valence-electron chi connectivity index (χ3n) is 4.90. The van der Waals surface area contributed by atoms with Gasteiger partial charge >= 0.3 is 0 Å². The second kappa shape index (κ2) is 7.10. The summed E-state index contributed by atoms with van der Waals surface area (Å²) in [5.74, 6) is -0.185. The molecule has 2 aromatic carbocycles. The largest absolute Gasteiger partial charge is 0.326 e. The number of carbonyl (C=O) groups excluding carboxylic acids is 2. The highest BCUT2D eigenvalue weighted by Crippen LogP contribution is 2.31. The fourth-order valence-electron chi connectivity index (χ4n) is 3.46. The molecule has 6 nitrogen and oxygen atoms in total. The highest BCUT2D eigenvalue weighted by atomic mass is 32.1. The van der Waals surface area contributed by atoms with Crippen LogP contribution in [0.2, 0.25) is 0 Å². The summed E-state index contributed by atoms with van der Waals surface area (Å²) in [5.41, 5.74) is 4.90. The Morgan fingerprint density at radius 1 is 1.10 bits per heavy atom. The van der Waals surface area contributed by atoms with E-state index in [-0.39, 0.29) is 11.8 Å². The molecule has 0 bridgehead atoms. The van der Waals surface area contributed by atoms with Crippen LogP contribution in [0.1, 0.15) is 22.3 Å². The van der Waals surface area contributed by atoms with Crippen LogP contribution in [0.3, 0.4) is 0 Å². The van der Waals surface area contributed by atoms with E-state index in [1.165, 1.54) is 11.3 Å². The molecule has 0 radical (unpaired) electrons. The van der Waals surface area contributed by atoms with Crippen LogP contribution >= 0.6 is 11.3 Å². The average Bonchev–Trinajstić information content (AvgIpc) is 3.21. The number of para-hydroxylation sites is 1. The minimum Gasteiger partial charge on any atom is -0.326 e. The Morgan fingerprint density at radius 3 is 2.93 bits per heavy atom. The van der Waals surface area contributed by atoms with Crippen molar-refractivity contribution < 1.29 is 9.59 Å². The molecule has 0 fully saturated rings. The molecule has 1 aliphatic rings. The van der Waals surface area contributed by atoms with Crippen LogP contribution in [-0.2, 0) is 11.2 Å². The van der Waals surface area contributed by atoms with E-state index in [9.17, 15) is 9.59 Å². The molecule has 7 heteroatoms. The lowest BCUT2D eigenvalue weighted by atomic mass is 9.99. The van der Waals surface area contributed by atoms with Crippen molar-refractivity contribution in [3.63, 3.8) is 0 Å². The van der Waals surface area contributed by atoms with Crippen molar-refractivity contribution in [2.45, 2.75) is 12.8 Å². The van der Waals surface area contributed by atoms with Crippen LogP contribution in [0.25, 0.3) is 22.2 Å². The molecule has 1 aliphatic heterocycles. The number of carbonyl (C=O) groups is 2. The maximum Gasteiger partial charge on any atom is 0.259 e. The van der Waals surface area contributed by atoms with E-state index >= 15 is 0 Å². The number of hydrogen-bond acceptors (Lipinski definition) is 5. The molecule has 0 atom stereocenters. The lowest BCUT2D eigenvalue weighted by molar-refractivity contribution is -0.116. The second-order valence-electron chi connectivity index (χ2n) is 6.79. The van der Waals surface area contributed by atoms with E-state index in [1.54, 1.807) is 12.3 Å². The Bertz CT molecular complexity index is 1260. The number of hydrogen-bond donors (Lipinski definition) is 2. The van der Waals surface area contributed by atoms with Gasteiger partial charge in [0, 0.05) is 34.6 Å². The standard InChI is InChI=1S/C22H16N4O2S/c27-19-9-7-14-11-15(6-8-17(14)24-19)18-12-29-22(25-18)26-21(28)16-5-1-3-13-4-2-10-23-20(13)16/h1-6,8,10-12H,7,9H2,(H,24,27)(H,25,26,28). The summed E-state index contributed by atoms with van der Waals surface area (Å²) in [6, 6.07) is 15.2. The number of anilines is 2. The van der Waals surface area contributed by atoms with Gasteiger partial charge in [-0.1, -0.05) is 24.3 Å². The Balaban J connectivity index is 1.39. The van der Waals surface area contributed by atoms with E-state index in [2.05, 4.69) is 20.6 Å². The number of pyridine rings is 1. The maximum absolute atomic E-state index is 12.8. The predicted octanol–water partition coefficient (Wildman–Crippen LogP) is 4.50. The normalized spacial score (nSPS) is 13.0. The summed E-state index contributed by atoms with van der Waals surface area (Å²) >= 11 is 1.38. The van der Waals surface area contributed by atoms with Crippen molar-refractivity contribution in [2.24, 2.45) is 0 Å². The molecule has 29 heavy (non-hydrogen) atoms. The predicted molar refractivity (Wildman–Crippen MR) is 114 cm³/mol. The van der Waals surface area contributed by atoms with Crippen LogP contribution in [0.5, 0.6) is 0 Å². The highest BCUT2D eigenvalue weighted by molar-refractivity contribution is 7.14. The van der Waals surface area contributed by atoms with Gasteiger partial charge in [0.1, 0.15) is 0 Å². The maximum atomic E-state index is 12.8. The average molecular weight is 400 g/mol. The molecule has 0 spiro atoms. The summed E-state index contributed by atoms with van der Waals surface area (Å²) in [6.07, 6.45) is 2.89. The van der Waals surface area contributed by atoms with Gasteiger partial charge in [0.25, 0.3) is 5.91 Å². The van der Waals surface area contributed by atoms with Gasteiger partial charge in [-0.25, -0.2) is 4.98 Å². The number of nitrogens with zero attached hydrogens (tertiary/aromatic N) is 2. The first-order valence-electron chi connectivity index (χ1n) is 9.21. The monoisotopic (exact) mass is 400 g/mol. The summed E-state index contributed by atoms with van der Waals surface area (Å²) in [4.78, 5) is 33.2. The van der Waals surface area contributed by atoms with Gasteiger partial charge in [-0.05, 0) is 36.2 Å². The van der Waals surface area contributed by atoms with Crippen LogP contribution < -0.4 is 10.6 Å². The number of rotatable bonds is 3. The van der Waals surface area contributed by atoms with Gasteiger partial charge in [0.2, 0.25) is 5.91 Å². The molecule has 3 heterocycles. The van der Waals surface area contributed by atoms with Gasteiger partial charge < -0.3 is 5.32 Å². The van der Waals surface area contributed by atoms with Crippen LogP contribution in [0.4, 0.5) is 10.8 Å². The molecule has 2 aromatic heterocycles. The van der Waals surface area contributed by atoms with Crippen molar-refractivity contribution in [3.8, 4) is 11.3 Å². The molecule has 0 unspecified atom stereocenters. The summed E-state index contributed by atoms with van der Waals surface area (Å²) < 4.78 is 0. The van der Waals surface area contributed by atoms with Crippen molar-refractivity contribution in [2.75, 3.05) is 10.6 Å². The number of aromatic nitrogens is 2. The first-order chi connectivity index (χ1) is 14.2. The van der Waals surface area contributed by atoms with Gasteiger partial charge in [0.15, 0.2) is 5.13 Å². The Labute approximate surface area is 170 Å². The quantitative estimate of drug-likeness (QED) is 0.530. The zero-order valence-corrected chi connectivity index (χ0v) is 16.1. The van der Waals surface area contributed by atoms with Gasteiger partial charge in [-0.3, -0.25) is 19.9 Å². The lowest BCUT2D eigenvalue weighted by Crippen LogP contribution is -2.18. The van der Waals surface area contributed by atoms with E-state index < -0.39 is 0 Å². The molecule has 0 saturated carbocycles. The Hall–Kier alpha value is -3.58. The number of nitrogens with one attached hydrogen (secondary N) is 2. The number of aryl methyl sites for hydroxylation is 1. The van der Waals surface area contributed by atoms with Crippen LogP contribution in [0, 0.1) is 0 Å². The van der Waals surface area contributed by atoms with Crippen LogP contribution in [-0.4, -0.2) is 21.8 Å². The Kier molecular flexibility index (Phi) is 4.29. The summed E-state index contributed by atoms with van der Waals surface area (Å²) in [5, 5.41) is 9.13. The fraction of sp³-hybridized carbons (Fsp3) is 0.0909. The topological polar surface area (TPSA) is 84.0 Å². The molecule has 5 rings (SSSR count). The zero-order chi connectivity index (χ0) is 19.8. The number of amides is 2. The fourth-order valence-corrected chi connectivity index (χ4v) is 4.17. The Morgan fingerprint density at radius 2 is 2.00 bits per heavy atom. The summed E-state index contributed by atoms with van der Waals surface area (Å²) in [7, 11) is 0. The third kappa shape index (κ3) is 3.36. The first-order valence-corrected chi connectivity index (χ1v) is 10.1. The van der Waals surface area contributed by atoms with Crippen LogP contribution in [0.15, 0.2) is 60.1 Å². The van der Waals surface area contributed by atoms with E-state index in [0.29, 0.717) is 22.6 Å². The van der Waals surface area contributed by atoms with E-state index in [0.717, 1.165) is 34.3 Å². The molecule has 142 valence electrons. The smallest absolute Gasteiger partial charge is 0.259 e. The minimum atomic E-state index is -0.233. The molecule has 2 amide bonds. The zero-order valence-electron chi connectivity index (χ0n) is 15.3. The molecule has 0 aliphatic carbocycles. The van der Waals surface area contributed by atoms with Crippen molar-refractivity contribution in [1.82, 2.24) is 9.97 Å². The van der Waals surface area contributed by atoms with E-state index in [4.69, 9.17) is 0 Å². The van der Waals surface area contributed by atoms with Crippen molar-refractivity contribution in [1.29, 1.82) is 0 Å². The molecular formula is C22H16N4O2S. The van der Waals surface area contributed by atoms with Crippen molar-refractivity contribution in [3.05, 3.63) is 71.2 Å². The van der Waals surface area contributed by atoms with E-state index in [1.807, 2.05) is 47.8 Å². The molecular weight excluding hydrogens is 384 g/mol. The van der Waals surface area contributed by atoms with Gasteiger partial charge in [-0.15, -0.1) is 11.3 Å². The van der Waals surface area contributed by atoms with Gasteiger partial charge in [-0.2, -0.15) is 0 Å². The molecule has 4 aromatic rings. The SMILES string of the molecule is O=C1CCc2cc(-c3csc(NC(=O)c4cccc5cccnc45)n3)ccc2N1. The third-order valence-corrected chi connectivity index (χ3v) is 5.66. The minimum absolute atomic E-state index is 0.0480. The molecule has 0 saturated heterocycles.